The maximum atomic E-state index is 5.47. The maximum absolute atomic E-state index is 5.47. The van der Waals surface area contributed by atoms with E-state index in [0.717, 1.165) is 59.6 Å². The number of H-pyrrole nitrogens is 1. The Bertz CT molecular complexity index is 982. The molecule has 1 aromatic carbocycles. The zero-order chi connectivity index (χ0) is 14.5. The SMILES string of the molecule is c1ccc2c(c1)[nH]c1c2c(N2CCOCC2)nn2cnnc12. The van der Waals surface area contributed by atoms with E-state index in [4.69, 9.17) is 9.84 Å². The van der Waals surface area contributed by atoms with E-state index in [0.29, 0.717) is 0 Å². The molecule has 0 spiro atoms. The quantitative estimate of drug-likeness (QED) is 0.577. The molecule has 0 aliphatic carbocycles. The molecule has 0 saturated carbocycles. The lowest BCUT2D eigenvalue weighted by Crippen LogP contribution is -2.37. The van der Waals surface area contributed by atoms with Gasteiger partial charge in [-0.15, -0.1) is 15.3 Å². The van der Waals surface area contributed by atoms with E-state index in [1.807, 2.05) is 12.1 Å². The van der Waals surface area contributed by atoms with Gasteiger partial charge in [0.1, 0.15) is 6.33 Å². The maximum Gasteiger partial charge on any atom is 0.201 e. The van der Waals surface area contributed by atoms with Gasteiger partial charge >= 0.3 is 0 Å². The van der Waals surface area contributed by atoms with Gasteiger partial charge in [0, 0.05) is 24.0 Å². The molecule has 4 heterocycles. The number of para-hydroxylation sites is 1. The van der Waals surface area contributed by atoms with Gasteiger partial charge in [0.05, 0.1) is 24.1 Å². The van der Waals surface area contributed by atoms with Gasteiger partial charge in [-0.3, -0.25) is 0 Å². The molecular weight excluding hydrogens is 280 g/mol. The molecule has 0 amide bonds. The Balaban J connectivity index is 1.92. The fraction of sp³-hybridized carbons (Fsp3) is 0.267. The summed E-state index contributed by atoms with van der Waals surface area (Å²) >= 11 is 0. The first-order chi connectivity index (χ1) is 10.9. The number of hydrogen-bond acceptors (Lipinski definition) is 5. The van der Waals surface area contributed by atoms with Crippen LogP contribution in [-0.4, -0.2) is 51.1 Å². The Kier molecular flexibility index (Phi) is 2.39. The van der Waals surface area contributed by atoms with Crippen LogP contribution in [0, 0.1) is 0 Å². The lowest BCUT2D eigenvalue weighted by atomic mass is 10.2. The minimum absolute atomic E-state index is 0.728. The van der Waals surface area contributed by atoms with E-state index in [-0.39, 0.29) is 0 Å². The Morgan fingerprint density at radius 2 is 2.00 bits per heavy atom. The molecule has 4 aromatic rings. The van der Waals surface area contributed by atoms with Crippen LogP contribution in [0.5, 0.6) is 0 Å². The van der Waals surface area contributed by atoms with Crippen LogP contribution in [0.3, 0.4) is 0 Å². The van der Waals surface area contributed by atoms with Crippen molar-refractivity contribution in [2.45, 2.75) is 0 Å². The molecule has 7 heteroatoms. The number of rotatable bonds is 1. The molecule has 0 atom stereocenters. The smallest absolute Gasteiger partial charge is 0.201 e. The third-order valence-corrected chi connectivity index (χ3v) is 4.20. The standard InChI is InChI=1S/C15H14N6O/c1-2-4-11-10(3-1)12-13(17-11)15-18-16-9-21(15)19-14(12)20-5-7-22-8-6-20/h1-4,9,17H,5-8H2. The Morgan fingerprint density at radius 3 is 2.91 bits per heavy atom. The van der Waals surface area contributed by atoms with Crippen molar-refractivity contribution in [1.29, 1.82) is 0 Å². The van der Waals surface area contributed by atoms with Gasteiger partial charge < -0.3 is 14.6 Å². The van der Waals surface area contributed by atoms with E-state index >= 15 is 0 Å². The first-order valence-electron chi connectivity index (χ1n) is 7.35. The predicted molar refractivity (Wildman–Crippen MR) is 83.2 cm³/mol. The number of nitrogens with zero attached hydrogens (tertiary/aromatic N) is 5. The molecule has 1 N–H and O–H groups in total. The fourth-order valence-electron chi connectivity index (χ4n) is 3.16. The van der Waals surface area contributed by atoms with Gasteiger partial charge in [-0.1, -0.05) is 18.2 Å². The highest BCUT2D eigenvalue weighted by Gasteiger charge is 2.21. The number of morpholine rings is 1. The highest BCUT2D eigenvalue weighted by atomic mass is 16.5. The van der Waals surface area contributed by atoms with Crippen LogP contribution in [0.2, 0.25) is 0 Å². The molecule has 0 bridgehead atoms. The molecule has 110 valence electrons. The van der Waals surface area contributed by atoms with E-state index in [2.05, 4.69) is 32.2 Å². The van der Waals surface area contributed by atoms with Crippen LogP contribution in [-0.2, 0) is 4.74 Å². The zero-order valence-electron chi connectivity index (χ0n) is 11.9. The molecule has 5 rings (SSSR count). The summed E-state index contributed by atoms with van der Waals surface area (Å²) in [5.74, 6) is 0.961. The lowest BCUT2D eigenvalue weighted by molar-refractivity contribution is 0.122. The van der Waals surface area contributed by atoms with Crippen LogP contribution in [0.1, 0.15) is 0 Å². The van der Waals surface area contributed by atoms with E-state index in [1.165, 1.54) is 0 Å². The summed E-state index contributed by atoms with van der Waals surface area (Å²) in [5, 5.41) is 15.2. The molecule has 0 unspecified atom stereocenters. The van der Waals surface area contributed by atoms with Gasteiger partial charge in [0.2, 0.25) is 5.65 Å². The lowest BCUT2D eigenvalue weighted by Gasteiger charge is -2.28. The van der Waals surface area contributed by atoms with Crippen molar-refractivity contribution in [3.63, 3.8) is 0 Å². The molecule has 3 aromatic heterocycles. The summed E-state index contributed by atoms with van der Waals surface area (Å²) < 4.78 is 7.20. The second kappa shape index (κ2) is 4.41. The largest absolute Gasteiger partial charge is 0.378 e. The second-order valence-corrected chi connectivity index (χ2v) is 5.44. The molecule has 1 fully saturated rings. The van der Waals surface area contributed by atoms with Gasteiger partial charge in [-0.25, -0.2) is 0 Å². The summed E-state index contributed by atoms with van der Waals surface area (Å²) in [6.45, 7) is 3.14. The summed E-state index contributed by atoms with van der Waals surface area (Å²) in [6, 6.07) is 8.27. The highest BCUT2D eigenvalue weighted by molar-refractivity contribution is 6.15. The van der Waals surface area contributed by atoms with Crippen molar-refractivity contribution < 1.29 is 4.74 Å². The van der Waals surface area contributed by atoms with E-state index in [1.54, 1.807) is 10.8 Å². The second-order valence-electron chi connectivity index (χ2n) is 5.44. The average Bonchev–Trinajstić information content (AvgIpc) is 3.19. The zero-order valence-corrected chi connectivity index (χ0v) is 11.9. The van der Waals surface area contributed by atoms with Crippen molar-refractivity contribution in [2.24, 2.45) is 0 Å². The first-order valence-corrected chi connectivity index (χ1v) is 7.35. The monoisotopic (exact) mass is 294 g/mol. The Hall–Kier alpha value is -2.67. The first kappa shape index (κ1) is 11.9. The number of aromatic nitrogens is 5. The van der Waals surface area contributed by atoms with E-state index < -0.39 is 0 Å². The van der Waals surface area contributed by atoms with Crippen LogP contribution < -0.4 is 4.90 Å². The number of ether oxygens (including phenoxy) is 1. The molecule has 22 heavy (non-hydrogen) atoms. The number of benzene rings is 1. The highest BCUT2D eigenvalue weighted by Crippen LogP contribution is 2.33. The fourth-order valence-corrected chi connectivity index (χ4v) is 3.16. The number of fused-ring (bicyclic) bond motifs is 5. The van der Waals surface area contributed by atoms with E-state index in [9.17, 15) is 0 Å². The van der Waals surface area contributed by atoms with Crippen LogP contribution >= 0.6 is 0 Å². The summed E-state index contributed by atoms with van der Waals surface area (Å²) in [5.41, 5.74) is 2.82. The van der Waals surface area contributed by atoms with Gasteiger partial charge in [0.25, 0.3) is 0 Å². The predicted octanol–water partition coefficient (Wildman–Crippen LogP) is 1.60. The van der Waals surface area contributed by atoms with Gasteiger partial charge in [-0.2, -0.15) is 4.52 Å². The number of anilines is 1. The van der Waals surface area contributed by atoms with Crippen molar-refractivity contribution >= 4 is 33.3 Å². The van der Waals surface area contributed by atoms with Gasteiger partial charge in [-0.05, 0) is 6.07 Å². The Morgan fingerprint density at radius 1 is 1.14 bits per heavy atom. The average molecular weight is 294 g/mol. The summed E-state index contributed by atoms with van der Waals surface area (Å²) in [6.07, 6.45) is 1.64. The molecular formula is C15H14N6O. The third-order valence-electron chi connectivity index (χ3n) is 4.20. The van der Waals surface area contributed by atoms with Crippen molar-refractivity contribution in [1.82, 2.24) is 24.8 Å². The number of aromatic amines is 1. The van der Waals surface area contributed by atoms with Crippen LogP contribution in [0.25, 0.3) is 27.5 Å². The number of hydrogen-bond donors (Lipinski definition) is 1. The van der Waals surface area contributed by atoms with Crippen molar-refractivity contribution in [3.05, 3.63) is 30.6 Å². The molecule has 1 aliphatic rings. The van der Waals surface area contributed by atoms with Crippen molar-refractivity contribution in [2.75, 3.05) is 31.2 Å². The molecule has 7 nitrogen and oxygen atoms in total. The normalized spacial score (nSPS) is 16.1. The molecule has 0 radical (unpaired) electrons. The molecule has 1 saturated heterocycles. The Labute approximate surface area is 125 Å². The third kappa shape index (κ3) is 1.57. The summed E-state index contributed by atoms with van der Waals surface area (Å²) in [7, 11) is 0. The van der Waals surface area contributed by atoms with Gasteiger partial charge in [0.15, 0.2) is 5.82 Å². The topological polar surface area (TPSA) is 71.3 Å². The van der Waals surface area contributed by atoms with Crippen molar-refractivity contribution in [3.8, 4) is 0 Å². The van der Waals surface area contributed by atoms with Crippen LogP contribution in [0.15, 0.2) is 30.6 Å². The van der Waals surface area contributed by atoms with Crippen LogP contribution in [0.4, 0.5) is 5.82 Å². The molecule has 1 aliphatic heterocycles. The minimum atomic E-state index is 0.728. The minimum Gasteiger partial charge on any atom is -0.378 e. The number of nitrogens with one attached hydrogen (secondary N) is 1. The summed E-state index contributed by atoms with van der Waals surface area (Å²) in [4.78, 5) is 5.73.